The fourth-order valence-corrected chi connectivity index (χ4v) is 0.115. The Labute approximate surface area is 152 Å². The molecule has 0 rings (SSSR count). The summed E-state index contributed by atoms with van der Waals surface area (Å²) in [6.07, 6.45) is 0. The van der Waals surface area contributed by atoms with Gasteiger partial charge in [-0.2, -0.15) is 0 Å². The number of aliphatic hydroxyl groups excluding tert-OH is 3. The Morgan fingerprint density at radius 1 is 0.524 bits per heavy atom. The van der Waals surface area contributed by atoms with Gasteiger partial charge in [0.25, 0.3) is 0 Å². The van der Waals surface area contributed by atoms with Crippen LogP contribution < -0.4 is 0 Å². The molecular formula is C4H8O9Re4Rf4-4. The first-order chi connectivity index (χ1) is 6.33. The van der Waals surface area contributed by atoms with Gasteiger partial charge in [-0.3, -0.25) is 5.26 Å². The molecule has 0 heterocycles. The first-order valence-electron chi connectivity index (χ1n) is 2.47. The van der Waals surface area contributed by atoms with E-state index in [1.807, 2.05) is 0 Å². The van der Waals surface area contributed by atoms with Crippen molar-refractivity contribution in [3.05, 3.63) is 27.2 Å². The minimum Gasteiger partial charge on any atom is -0.536 e. The zero-order valence-corrected chi connectivity index (χ0v) is 46.9. The summed E-state index contributed by atoms with van der Waals surface area (Å²) in [7, 11) is 0. The molecule has 0 saturated carbocycles. The summed E-state index contributed by atoms with van der Waals surface area (Å²) in [6, 6.07) is 0. The van der Waals surface area contributed by atoms with E-state index in [0.29, 0.717) is 20.4 Å². The second-order valence-corrected chi connectivity index (χ2v) is 0.903. The summed E-state index contributed by atoms with van der Waals surface area (Å²) in [5.41, 5.74) is 0. The summed E-state index contributed by atoms with van der Waals surface area (Å²) < 4.78 is 0. The summed E-state index contributed by atoms with van der Waals surface area (Å²) in [4.78, 5) is 17.8. The molecule has 0 amide bonds. The molecule has 4 radical (unpaired) electrons. The van der Waals surface area contributed by atoms with E-state index in [-0.39, 0.29) is 88.5 Å². The van der Waals surface area contributed by atoms with Gasteiger partial charge in [0, 0.05) is 81.7 Å². The van der Waals surface area contributed by atoms with E-state index in [9.17, 15) is 0 Å². The first kappa shape index (κ1) is 74.8. The molecule has 0 fully saturated rings. The molecule has 0 aliphatic rings. The normalized spacial score (nSPS) is 5.71. The van der Waals surface area contributed by atoms with E-state index in [2.05, 4.69) is 24.4 Å². The van der Waals surface area contributed by atoms with Gasteiger partial charge >= 0.3 is 0 Å². The molecule has 9 nitrogen and oxygen atoms in total. The van der Waals surface area contributed by atoms with Gasteiger partial charge in [-0.25, -0.2) is 0 Å². The van der Waals surface area contributed by atoms with Crippen molar-refractivity contribution in [2.75, 3.05) is 0 Å². The smallest absolute Gasteiger partial charge is 0 e. The van der Waals surface area contributed by atoms with Crippen LogP contribution in [0.4, 0.5) is 0 Å². The summed E-state index contributed by atoms with van der Waals surface area (Å²) in [5.74, 6) is 0. The number of aliphatic hydroxyl groups is 3. The van der Waals surface area contributed by atoms with Crippen molar-refractivity contribution < 1.29 is 127 Å². The van der Waals surface area contributed by atoms with E-state index >= 15 is 0 Å². The Morgan fingerprint density at radius 2 is 0.762 bits per heavy atom. The summed E-state index contributed by atoms with van der Waals surface area (Å²) >= 11 is 0. The third-order valence-corrected chi connectivity index (χ3v) is 0.323. The van der Waals surface area contributed by atoms with Crippen molar-refractivity contribution in [3.8, 4) is 0 Å². The molecule has 0 aliphatic heterocycles. The second kappa shape index (κ2) is 103. The molecule has 0 bridgehead atoms. The molecule has 0 aliphatic carbocycles. The molecule has 0 aromatic heterocycles. The SMILES string of the molecule is O[CH-]OO[CH-]O.O[CH-]OO[CH-]OO.[Re].[Re].[Re].[Re].[Rf].[Rf].[Rf].[Rf]. The monoisotopic (exact) mass is 2020 g/mol. The maximum atomic E-state index is 7.66. The third kappa shape index (κ3) is 173. The van der Waals surface area contributed by atoms with Gasteiger partial charge < -0.3 is 39.8 Å². The molecular weight excluding hydrogens is 2000 g/mol. The van der Waals surface area contributed by atoms with Gasteiger partial charge in [0.1, 0.15) is 0 Å². The maximum Gasteiger partial charge on any atom is 0 e. The van der Waals surface area contributed by atoms with E-state index < -0.39 is 0 Å². The Hall–Kier alpha value is -1.71. The van der Waals surface area contributed by atoms with Crippen LogP contribution in [0.25, 0.3) is 0 Å². The van der Waals surface area contributed by atoms with E-state index in [1.54, 1.807) is 0 Å². The molecule has 0 aromatic carbocycles. The Kier molecular flexibility index (Phi) is 366. The van der Waals surface area contributed by atoms with E-state index in [0.717, 1.165) is 0 Å². The predicted octanol–water partition coefficient (Wildman–Crippen LogP) is -0.0565. The summed E-state index contributed by atoms with van der Waals surface area (Å²) in [5, 5.41) is 30.3. The maximum absolute atomic E-state index is 7.66. The van der Waals surface area contributed by atoms with Crippen LogP contribution in [0.1, 0.15) is 0 Å². The Morgan fingerprint density at radius 3 is 0.952 bits per heavy atom. The van der Waals surface area contributed by atoms with Crippen LogP contribution in [0.5, 0.6) is 0 Å². The van der Waals surface area contributed by atoms with Gasteiger partial charge in [0.05, 0.1) is 0 Å². The molecule has 0 unspecified atom stereocenters. The largest absolute Gasteiger partial charge is 0.536 e. The average molecular weight is 2010 g/mol. The summed E-state index contributed by atoms with van der Waals surface area (Å²) in [6.45, 7) is 1.36. The van der Waals surface area contributed by atoms with Crippen LogP contribution in [-0.2, 0) is 106 Å². The van der Waals surface area contributed by atoms with Crippen molar-refractivity contribution in [1.29, 1.82) is 0 Å². The number of hydrogen-bond acceptors (Lipinski definition) is 9. The van der Waals surface area contributed by atoms with Gasteiger partial charge in [0.15, 0.2) is 0 Å². The molecule has 0 atom stereocenters. The molecule has 21 heavy (non-hydrogen) atoms. The van der Waals surface area contributed by atoms with Crippen molar-refractivity contribution in [2.24, 2.45) is 0 Å². The quantitative estimate of drug-likeness (QED) is 0.120. The standard InChI is InChI=1S/C2H4O5.C2H4O4.4Re.4Rf/c3-1-6-7-2-5-4;3-1-5-6-2-4;;;;;;;;/h1-4H;1-4H;;;;;;;;/q2*-2;;;;;;;;. The Balaban J connectivity index is -0.0000000105. The second-order valence-electron chi connectivity index (χ2n) is 0.903. The zero-order valence-electron chi connectivity index (χ0n) is 10.5. The fourth-order valence-electron chi connectivity index (χ4n) is 0.115. The minimum absolute atomic E-state index is 0. The van der Waals surface area contributed by atoms with Gasteiger partial charge in [-0.1, -0.05) is 20.4 Å². The van der Waals surface area contributed by atoms with Crippen LogP contribution >= 0.6 is 0 Å². The molecule has 17 heteroatoms. The van der Waals surface area contributed by atoms with Gasteiger partial charge in [-0.05, 0) is 6.79 Å². The molecule has 0 aromatic rings. The minimum atomic E-state index is 0. The number of hydrogen-bond donors (Lipinski definition) is 4. The van der Waals surface area contributed by atoms with Gasteiger partial charge in [-0.15, -0.1) is 0 Å². The average Bonchev–Trinajstić information content (AvgIpc) is 2.17. The Bertz CT molecular complexity index is 88.8. The molecule has 0 saturated heterocycles. The van der Waals surface area contributed by atoms with Crippen LogP contribution in [0, 0.1) is 27.2 Å². The van der Waals surface area contributed by atoms with Crippen molar-refractivity contribution in [1.82, 2.24) is 0 Å². The predicted molar refractivity (Wildman–Crippen MR) is 31.1 cm³/mol. The van der Waals surface area contributed by atoms with E-state index in [1.165, 1.54) is 0 Å². The van der Waals surface area contributed by atoms with Crippen molar-refractivity contribution in [3.63, 3.8) is 0 Å². The number of rotatable bonds is 7. The van der Waals surface area contributed by atoms with Crippen molar-refractivity contribution in [2.45, 2.75) is 0 Å². The van der Waals surface area contributed by atoms with E-state index in [4.69, 9.17) is 20.6 Å². The molecule has 118 valence electrons. The van der Waals surface area contributed by atoms with Crippen LogP contribution in [0.3, 0.4) is 0 Å². The van der Waals surface area contributed by atoms with Gasteiger partial charge in [0.2, 0.25) is 0 Å². The first-order valence-corrected chi connectivity index (χ1v) is 2.47. The van der Waals surface area contributed by atoms with Crippen molar-refractivity contribution >= 4 is 0 Å². The third-order valence-electron chi connectivity index (χ3n) is 0.323. The van der Waals surface area contributed by atoms with Crippen LogP contribution in [0.15, 0.2) is 0 Å². The molecule has 0 spiro atoms. The van der Waals surface area contributed by atoms with Crippen LogP contribution in [0.2, 0.25) is 0 Å². The zero-order chi connectivity index (χ0) is 10.4. The topological polar surface area (TPSA) is 127 Å². The fraction of sp³-hybridized carbons (Fsp3) is 0. The van der Waals surface area contributed by atoms with Crippen LogP contribution in [-0.4, -0.2) is 20.6 Å². The molecule has 4 N–H and O–H groups in total.